The molecule has 92 valence electrons. The standard InChI is InChI=1S/C10H16N2O2.C2H6/c1-7(2)11-9-5-8(13-3)6-10(12-9)14-4;1-2/h5-7H,1-4H3,(H,11,12);1-2H3. The number of pyridine rings is 1. The van der Waals surface area contributed by atoms with Gasteiger partial charge in [-0.1, -0.05) is 13.8 Å². The lowest BCUT2D eigenvalue weighted by atomic mass is 10.3. The van der Waals surface area contributed by atoms with Crippen LogP contribution in [0.2, 0.25) is 0 Å². The van der Waals surface area contributed by atoms with Crippen molar-refractivity contribution in [3.63, 3.8) is 0 Å². The van der Waals surface area contributed by atoms with Crippen molar-refractivity contribution >= 4 is 5.82 Å². The third kappa shape index (κ3) is 4.87. The van der Waals surface area contributed by atoms with Crippen molar-refractivity contribution < 1.29 is 9.47 Å². The van der Waals surface area contributed by atoms with Crippen molar-refractivity contribution in [2.75, 3.05) is 19.5 Å². The Kier molecular flexibility index (Phi) is 7.09. The lowest BCUT2D eigenvalue weighted by molar-refractivity contribution is 0.383. The van der Waals surface area contributed by atoms with Crippen LogP contribution in [-0.2, 0) is 0 Å². The predicted molar refractivity (Wildman–Crippen MR) is 67.4 cm³/mol. The van der Waals surface area contributed by atoms with Gasteiger partial charge in [-0.25, -0.2) is 0 Å². The minimum atomic E-state index is 0.333. The fourth-order valence-corrected chi connectivity index (χ4v) is 1.07. The highest BCUT2D eigenvalue weighted by Crippen LogP contribution is 2.21. The summed E-state index contributed by atoms with van der Waals surface area (Å²) in [6.45, 7) is 8.10. The Hall–Kier alpha value is -1.45. The van der Waals surface area contributed by atoms with E-state index in [4.69, 9.17) is 9.47 Å². The quantitative estimate of drug-likeness (QED) is 0.857. The van der Waals surface area contributed by atoms with Gasteiger partial charge in [0.1, 0.15) is 11.6 Å². The molecule has 1 aromatic rings. The Morgan fingerprint density at radius 1 is 1.12 bits per heavy atom. The number of rotatable bonds is 4. The van der Waals surface area contributed by atoms with E-state index in [1.165, 1.54) is 0 Å². The first-order chi connectivity index (χ1) is 7.65. The Balaban J connectivity index is 0.00000106. The first-order valence-electron chi connectivity index (χ1n) is 5.52. The zero-order chi connectivity index (χ0) is 12.6. The van der Waals surface area contributed by atoms with Gasteiger partial charge >= 0.3 is 0 Å². The molecule has 0 atom stereocenters. The maximum atomic E-state index is 5.12. The molecular weight excluding hydrogens is 204 g/mol. The number of aromatic nitrogens is 1. The number of hydrogen-bond donors (Lipinski definition) is 1. The monoisotopic (exact) mass is 226 g/mol. The van der Waals surface area contributed by atoms with Gasteiger partial charge in [-0.05, 0) is 13.8 Å². The van der Waals surface area contributed by atoms with Gasteiger partial charge in [-0.2, -0.15) is 4.98 Å². The molecule has 0 fully saturated rings. The minimum Gasteiger partial charge on any atom is -0.496 e. The molecule has 1 heterocycles. The van der Waals surface area contributed by atoms with Crippen molar-refractivity contribution in [2.24, 2.45) is 0 Å². The summed E-state index contributed by atoms with van der Waals surface area (Å²) in [4.78, 5) is 4.23. The topological polar surface area (TPSA) is 43.4 Å². The van der Waals surface area contributed by atoms with E-state index in [0.29, 0.717) is 11.9 Å². The highest BCUT2D eigenvalue weighted by molar-refractivity contribution is 5.45. The molecule has 4 heteroatoms. The van der Waals surface area contributed by atoms with E-state index in [0.717, 1.165) is 11.6 Å². The van der Waals surface area contributed by atoms with Crippen LogP contribution in [0, 0.1) is 0 Å². The van der Waals surface area contributed by atoms with Crippen LogP contribution in [0.25, 0.3) is 0 Å². The van der Waals surface area contributed by atoms with Gasteiger partial charge in [0.15, 0.2) is 0 Å². The van der Waals surface area contributed by atoms with Gasteiger partial charge in [0.05, 0.1) is 14.2 Å². The molecule has 0 aliphatic rings. The number of methoxy groups -OCH3 is 2. The molecule has 4 nitrogen and oxygen atoms in total. The molecule has 0 aliphatic carbocycles. The summed E-state index contributed by atoms with van der Waals surface area (Å²) in [7, 11) is 3.20. The molecule has 0 spiro atoms. The highest BCUT2D eigenvalue weighted by Gasteiger charge is 2.03. The van der Waals surface area contributed by atoms with Crippen molar-refractivity contribution in [2.45, 2.75) is 33.7 Å². The molecular formula is C12H22N2O2. The molecule has 0 radical (unpaired) electrons. The Morgan fingerprint density at radius 2 is 1.75 bits per heavy atom. The summed E-state index contributed by atoms with van der Waals surface area (Å²) < 4.78 is 10.2. The molecule has 1 aromatic heterocycles. The maximum Gasteiger partial charge on any atom is 0.218 e. The van der Waals surface area contributed by atoms with Crippen LogP contribution < -0.4 is 14.8 Å². The lowest BCUT2D eigenvalue weighted by Crippen LogP contribution is -2.11. The van der Waals surface area contributed by atoms with Gasteiger partial charge < -0.3 is 14.8 Å². The Morgan fingerprint density at radius 3 is 2.19 bits per heavy atom. The first-order valence-corrected chi connectivity index (χ1v) is 5.52. The third-order valence-electron chi connectivity index (χ3n) is 1.66. The second-order valence-corrected chi connectivity index (χ2v) is 3.23. The summed E-state index contributed by atoms with van der Waals surface area (Å²) in [5.41, 5.74) is 0. The summed E-state index contributed by atoms with van der Waals surface area (Å²) in [5, 5.41) is 3.18. The smallest absolute Gasteiger partial charge is 0.218 e. The van der Waals surface area contributed by atoms with Crippen molar-refractivity contribution in [3.05, 3.63) is 12.1 Å². The maximum absolute atomic E-state index is 5.12. The van der Waals surface area contributed by atoms with Crippen LogP contribution in [-0.4, -0.2) is 25.2 Å². The van der Waals surface area contributed by atoms with E-state index in [2.05, 4.69) is 10.3 Å². The zero-order valence-corrected chi connectivity index (χ0v) is 11.0. The number of anilines is 1. The average Bonchev–Trinajstić information content (AvgIpc) is 2.30. The van der Waals surface area contributed by atoms with Crippen molar-refractivity contribution in [3.8, 4) is 11.6 Å². The molecule has 0 unspecified atom stereocenters. The summed E-state index contributed by atoms with van der Waals surface area (Å²) in [6.07, 6.45) is 0. The average molecular weight is 226 g/mol. The summed E-state index contributed by atoms with van der Waals surface area (Å²) >= 11 is 0. The van der Waals surface area contributed by atoms with Crippen LogP contribution in [0.15, 0.2) is 12.1 Å². The predicted octanol–water partition coefficient (Wildman–Crippen LogP) is 2.95. The van der Waals surface area contributed by atoms with E-state index in [9.17, 15) is 0 Å². The molecule has 0 saturated carbocycles. The van der Waals surface area contributed by atoms with Crippen LogP contribution in [0.5, 0.6) is 11.6 Å². The minimum absolute atomic E-state index is 0.333. The molecule has 0 bridgehead atoms. The van der Waals surface area contributed by atoms with Gasteiger partial charge in [0.25, 0.3) is 0 Å². The zero-order valence-electron chi connectivity index (χ0n) is 11.0. The Bertz CT molecular complexity index is 279. The molecule has 1 rings (SSSR count). The molecule has 0 saturated heterocycles. The summed E-state index contributed by atoms with van der Waals surface area (Å²) in [5.74, 6) is 2.05. The molecule has 0 amide bonds. The molecule has 0 aromatic carbocycles. The highest BCUT2D eigenvalue weighted by atomic mass is 16.5. The second kappa shape index (κ2) is 7.79. The van der Waals surface area contributed by atoms with E-state index >= 15 is 0 Å². The molecule has 0 aliphatic heterocycles. The van der Waals surface area contributed by atoms with E-state index < -0.39 is 0 Å². The van der Waals surface area contributed by atoms with Crippen molar-refractivity contribution in [1.29, 1.82) is 0 Å². The fourth-order valence-electron chi connectivity index (χ4n) is 1.07. The number of hydrogen-bond acceptors (Lipinski definition) is 4. The third-order valence-corrected chi connectivity index (χ3v) is 1.66. The van der Waals surface area contributed by atoms with Crippen LogP contribution in [0.3, 0.4) is 0 Å². The van der Waals surface area contributed by atoms with Crippen LogP contribution >= 0.6 is 0 Å². The fraction of sp³-hybridized carbons (Fsp3) is 0.583. The van der Waals surface area contributed by atoms with E-state index in [1.807, 2.05) is 33.8 Å². The number of ether oxygens (including phenoxy) is 2. The van der Waals surface area contributed by atoms with Gasteiger partial charge in [0, 0.05) is 18.2 Å². The number of nitrogens with zero attached hydrogens (tertiary/aromatic N) is 1. The SMILES string of the molecule is CC.COc1cc(NC(C)C)nc(OC)c1. The van der Waals surface area contributed by atoms with Crippen molar-refractivity contribution in [1.82, 2.24) is 4.98 Å². The largest absolute Gasteiger partial charge is 0.496 e. The van der Waals surface area contributed by atoms with E-state index in [-0.39, 0.29) is 0 Å². The molecule has 16 heavy (non-hydrogen) atoms. The first kappa shape index (κ1) is 14.6. The lowest BCUT2D eigenvalue weighted by Gasteiger charge is -2.11. The van der Waals surface area contributed by atoms with Gasteiger partial charge in [0.2, 0.25) is 5.88 Å². The van der Waals surface area contributed by atoms with Crippen LogP contribution in [0.4, 0.5) is 5.82 Å². The second-order valence-electron chi connectivity index (χ2n) is 3.23. The van der Waals surface area contributed by atoms with Crippen LogP contribution in [0.1, 0.15) is 27.7 Å². The number of nitrogens with one attached hydrogen (secondary N) is 1. The normalized spacial score (nSPS) is 9.19. The Labute approximate surface area is 98.0 Å². The molecule has 1 N–H and O–H groups in total. The van der Waals surface area contributed by atoms with Gasteiger partial charge in [-0.3, -0.25) is 0 Å². The summed E-state index contributed by atoms with van der Waals surface area (Å²) in [6, 6.07) is 3.91. The van der Waals surface area contributed by atoms with E-state index in [1.54, 1.807) is 20.3 Å². The van der Waals surface area contributed by atoms with Gasteiger partial charge in [-0.15, -0.1) is 0 Å².